The molecule has 2 aromatic carbocycles. The predicted octanol–water partition coefficient (Wildman–Crippen LogP) is 1.42. The number of piperazine rings is 1. The molecule has 0 unspecified atom stereocenters. The highest BCUT2D eigenvalue weighted by Crippen LogP contribution is 2.23. The third-order valence-corrected chi connectivity index (χ3v) is 5.80. The van der Waals surface area contributed by atoms with E-state index in [2.05, 4.69) is 57.5 Å². The van der Waals surface area contributed by atoms with Gasteiger partial charge in [-0.2, -0.15) is 0 Å². The number of carbonyl (C=O) groups excluding carboxylic acids is 2. The molecule has 0 atom stereocenters. The van der Waals surface area contributed by atoms with Gasteiger partial charge in [0.1, 0.15) is 0 Å². The van der Waals surface area contributed by atoms with Crippen molar-refractivity contribution in [2.75, 3.05) is 44.7 Å². The molecule has 8 nitrogen and oxygen atoms in total. The Balaban J connectivity index is 1.51. The zero-order valence-corrected chi connectivity index (χ0v) is 19.0. The largest absolute Gasteiger partial charge is 0.368 e. The molecule has 1 aliphatic heterocycles. The molecule has 2 aromatic rings. The molecular weight excluding hydrogens is 404 g/mol. The van der Waals surface area contributed by atoms with Crippen LogP contribution in [0.4, 0.5) is 5.69 Å². The molecule has 1 fully saturated rings. The minimum Gasteiger partial charge on any atom is -0.368 e. The van der Waals surface area contributed by atoms with Gasteiger partial charge in [-0.3, -0.25) is 14.6 Å². The molecule has 1 heterocycles. The monoisotopic (exact) mass is 436 g/mol. The van der Waals surface area contributed by atoms with Crippen LogP contribution in [0.3, 0.4) is 0 Å². The maximum absolute atomic E-state index is 12.0. The second-order valence-electron chi connectivity index (χ2n) is 7.94. The fraction of sp³-hybridized carbons (Fsp3) is 0.375. The van der Waals surface area contributed by atoms with Crippen molar-refractivity contribution >= 4 is 23.5 Å². The number of aliphatic imine (C=N–C) groups is 1. The molecule has 0 aromatic heterocycles. The summed E-state index contributed by atoms with van der Waals surface area (Å²) in [5.41, 5.74) is 10.6. The number of primary amides is 1. The minimum atomic E-state index is -0.569. The number of hydrogen-bond donors (Lipinski definition) is 3. The molecule has 3 rings (SSSR count). The van der Waals surface area contributed by atoms with Crippen LogP contribution in [0.25, 0.3) is 0 Å². The lowest BCUT2D eigenvalue weighted by Crippen LogP contribution is -2.52. The van der Waals surface area contributed by atoms with Crippen LogP contribution >= 0.6 is 0 Å². The van der Waals surface area contributed by atoms with Gasteiger partial charge >= 0.3 is 0 Å². The number of nitrogens with two attached hydrogens (primary N) is 1. The van der Waals surface area contributed by atoms with E-state index in [0.29, 0.717) is 12.1 Å². The van der Waals surface area contributed by atoms with Crippen LogP contribution in [0.5, 0.6) is 0 Å². The summed E-state index contributed by atoms with van der Waals surface area (Å²) in [7, 11) is 1.80. The molecule has 170 valence electrons. The zero-order chi connectivity index (χ0) is 23.1. The van der Waals surface area contributed by atoms with Gasteiger partial charge in [0.25, 0.3) is 5.91 Å². The van der Waals surface area contributed by atoms with Crippen LogP contribution in [0.1, 0.15) is 27.0 Å². The highest BCUT2D eigenvalue weighted by atomic mass is 16.2. The molecule has 0 radical (unpaired) electrons. The molecule has 1 aliphatic rings. The Morgan fingerprint density at radius 2 is 1.69 bits per heavy atom. The Kier molecular flexibility index (Phi) is 7.70. The van der Waals surface area contributed by atoms with Gasteiger partial charge in [-0.15, -0.1) is 0 Å². The van der Waals surface area contributed by atoms with E-state index in [9.17, 15) is 9.59 Å². The fourth-order valence-corrected chi connectivity index (χ4v) is 3.79. The highest BCUT2D eigenvalue weighted by Gasteiger charge is 2.21. The number of rotatable bonds is 6. The van der Waals surface area contributed by atoms with Gasteiger partial charge in [0.05, 0.1) is 6.54 Å². The topological polar surface area (TPSA) is 103 Å². The third kappa shape index (κ3) is 5.78. The Morgan fingerprint density at radius 3 is 2.31 bits per heavy atom. The maximum atomic E-state index is 12.0. The number of aryl methyl sites for hydroxylation is 1. The Labute approximate surface area is 189 Å². The van der Waals surface area contributed by atoms with Gasteiger partial charge in [-0.05, 0) is 48.7 Å². The van der Waals surface area contributed by atoms with E-state index >= 15 is 0 Å². The van der Waals surface area contributed by atoms with Crippen LogP contribution in [-0.2, 0) is 11.3 Å². The average molecular weight is 437 g/mol. The van der Waals surface area contributed by atoms with Crippen LogP contribution in [0.2, 0.25) is 0 Å². The molecule has 32 heavy (non-hydrogen) atoms. The molecular formula is C24H32N6O2. The quantitative estimate of drug-likeness (QED) is 0.469. The number of nitrogens with one attached hydrogen (secondary N) is 2. The van der Waals surface area contributed by atoms with E-state index in [4.69, 9.17) is 5.73 Å². The van der Waals surface area contributed by atoms with Crippen molar-refractivity contribution in [3.05, 3.63) is 64.7 Å². The van der Waals surface area contributed by atoms with Gasteiger partial charge < -0.3 is 26.2 Å². The Morgan fingerprint density at radius 1 is 1.00 bits per heavy atom. The zero-order valence-electron chi connectivity index (χ0n) is 19.0. The standard InChI is InChI=1S/C24H32N6O2/c1-17-5-4-6-21(18(17)2)29-11-13-30(14-12-29)24(26-3)28-15-19-7-9-20(10-8-19)23(32)27-16-22(25)31/h4-10H,11-16H2,1-3H3,(H2,25,31)(H,26,28)(H,27,32). The average Bonchev–Trinajstić information content (AvgIpc) is 2.80. The summed E-state index contributed by atoms with van der Waals surface area (Å²) < 4.78 is 0. The van der Waals surface area contributed by atoms with Gasteiger partial charge in [-0.25, -0.2) is 0 Å². The van der Waals surface area contributed by atoms with Crippen molar-refractivity contribution in [2.45, 2.75) is 20.4 Å². The van der Waals surface area contributed by atoms with Gasteiger partial charge in [0, 0.05) is 51.0 Å². The summed E-state index contributed by atoms with van der Waals surface area (Å²) in [6, 6.07) is 13.7. The highest BCUT2D eigenvalue weighted by molar-refractivity contribution is 5.96. The fourth-order valence-electron chi connectivity index (χ4n) is 3.79. The maximum Gasteiger partial charge on any atom is 0.251 e. The van der Waals surface area contributed by atoms with E-state index in [0.717, 1.165) is 37.7 Å². The van der Waals surface area contributed by atoms with Gasteiger partial charge in [-0.1, -0.05) is 24.3 Å². The van der Waals surface area contributed by atoms with Crippen molar-refractivity contribution in [1.82, 2.24) is 15.5 Å². The van der Waals surface area contributed by atoms with Crippen molar-refractivity contribution in [3.8, 4) is 0 Å². The number of carbonyl (C=O) groups is 2. The van der Waals surface area contributed by atoms with Crippen molar-refractivity contribution < 1.29 is 9.59 Å². The van der Waals surface area contributed by atoms with Crippen LogP contribution < -0.4 is 21.3 Å². The van der Waals surface area contributed by atoms with Crippen LogP contribution in [-0.4, -0.2) is 62.4 Å². The summed E-state index contributed by atoms with van der Waals surface area (Å²) in [5, 5.41) is 5.90. The molecule has 0 saturated carbocycles. The molecule has 0 spiro atoms. The first-order valence-electron chi connectivity index (χ1n) is 10.8. The van der Waals surface area contributed by atoms with Crippen molar-refractivity contribution in [3.63, 3.8) is 0 Å². The summed E-state index contributed by atoms with van der Waals surface area (Å²) in [5.74, 6) is -0.0184. The van der Waals surface area contributed by atoms with Crippen LogP contribution in [0.15, 0.2) is 47.5 Å². The van der Waals surface area contributed by atoms with Crippen molar-refractivity contribution in [1.29, 1.82) is 0 Å². The first kappa shape index (κ1) is 23.1. The molecule has 0 aliphatic carbocycles. The van der Waals surface area contributed by atoms with Crippen LogP contribution in [0, 0.1) is 13.8 Å². The van der Waals surface area contributed by atoms with E-state index < -0.39 is 5.91 Å². The second kappa shape index (κ2) is 10.7. The summed E-state index contributed by atoms with van der Waals surface area (Å²) in [6.45, 7) is 8.45. The summed E-state index contributed by atoms with van der Waals surface area (Å²) in [4.78, 5) is 31.9. The Hall–Kier alpha value is -3.55. The first-order chi connectivity index (χ1) is 15.4. The first-order valence-corrected chi connectivity index (χ1v) is 10.8. The molecule has 0 bridgehead atoms. The SMILES string of the molecule is CN=C(NCc1ccc(C(=O)NCC(N)=O)cc1)N1CCN(c2cccc(C)c2C)CC1. The molecule has 8 heteroatoms. The second-order valence-corrected chi connectivity index (χ2v) is 7.94. The van der Waals surface area contributed by atoms with E-state index in [-0.39, 0.29) is 12.5 Å². The normalized spacial score (nSPS) is 14.3. The van der Waals surface area contributed by atoms with E-state index in [1.165, 1.54) is 16.8 Å². The number of benzene rings is 2. The van der Waals surface area contributed by atoms with Crippen molar-refractivity contribution in [2.24, 2.45) is 10.7 Å². The lowest BCUT2D eigenvalue weighted by atomic mass is 10.1. The summed E-state index contributed by atoms with van der Waals surface area (Å²) in [6.07, 6.45) is 0. The number of guanidine groups is 1. The lowest BCUT2D eigenvalue weighted by molar-refractivity contribution is -0.117. The smallest absolute Gasteiger partial charge is 0.251 e. The van der Waals surface area contributed by atoms with E-state index in [1.54, 1.807) is 19.2 Å². The number of amides is 2. The van der Waals surface area contributed by atoms with Gasteiger partial charge in [0.2, 0.25) is 5.91 Å². The molecule has 1 saturated heterocycles. The van der Waals surface area contributed by atoms with E-state index in [1.807, 2.05) is 12.1 Å². The molecule has 2 amide bonds. The lowest BCUT2D eigenvalue weighted by Gasteiger charge is -2.38. The number of hydrogen-bond acceptors (Lipinski definition) is 4. The predicted molar refractivity (Wildman–Crippen MR) is 128 cm³/mol. The third-order valence-electron chi connectivity index (χ3n) is 5.80. The number of anilines is 1. The Bertz CT molecular complexity index is 978. The number of nitrogens with zero attached hydrogens (tertiary/aromatic N) is 3. The summed E-state index contributed by atoms with van der Waals surface area (Å²) >= 11 is 0. The van der Waals surface area contributed by atoms with Gasteiger partial charge in [0.15, 0.2) is 5.96 Å². The minimum absolute atomic E-state index is 0.171. The molecule has 4 N–H and O–H groups in total.